The fraction of sp³-hybridized carbons (Fsp3) is 0.846. The third kappa shape index (κ3) is 3.45. The van der Waals surface area contributed by atoms with Gasteiger partial charge in [0, 0.05) is 26.2 Å². The summed E-state index contributed by atoms with van der Waals surface area (Å²) in [6.45, 7) is 9.27. The van der Waals surface area contributed by atoms with Crippen LogP contribution < -0.4 is 0 Å². The van der Waals surface area contributed by atoms with Crippen molar-refractivity contribution in [3.05, 3.63) is 0 Å². The maximum absolute atomic E-state index is 12.0. The van der Waals surface area contributed by atoms with Gasteiger partial charge in [0.15, 0.2) is 0 Å². The monoisotopic (exact) mass is 256 g/mol. The van der Waals surface area contributed by atoms with E-state index in [2.05, 4.69) is 0 Å². The van der Waals surface area contributed by atoms with Crippen molar-refractivity contribution in [3.8, 4) is 0 Å². The predicted octanol–water partition coefficient (Wildman–Crippen LogP) is 0.596. The third-order valence-corrected chi connectivity index (χ3v) is 3.67. The van der Waals surface area contributed by atoms with Crippen molar-refractivity contribution in [2.75, 3.05) is 39.8 Å². The summed E-state index contributed by atoms with van der Waals surface area (Å²) in [6.07, 6.45) is 0. The SMILES string of the molecule is CCN(CC)C(=O)CN1CC(C)C(C(=O)OC)C1. The molecule has 18 heavy (non-hydrogen) atoms. The van der Waals surface area contributed by atoms with Crippen molar-refractivity contribution in [2.24, 2.45) is 11.8 Å². The fourth-order valence-electron chi connectivity index (χ4n) is 2.52. The Morgan fingerprint density at radius 1 is 1.28 bits per heavy atom. The number of rotatable bonds is 5. The molecule has 1 rings (SSSR count). The zero-order valence-electron chi connectivity index (χ0n) is 11.8. The lowest BCUT2D eigenvalue weighted by Gasteiger charge is -2.22. The molecular weight excluding hydrogens is 232 g/mol. The van der Waals surface area contributed by atoms with Gasteiger partial charge in [0.1, 0.15) is 0 Å². The van der Waals surface area contributed by atoms with Gasteiger partial charge >= 0.3 is 5.97 Å². The number of hydrogen-bond donors (Lipinski definition) is 0. The summed E-state index contributed by atoms with van der Waals surface area (Å²) in [5, 5.41) is 0. The van der Waals surface area contributed by atoms with Gasteiger partial charge in [-0.05, 0) is 19.8 Å². The van der Waals surface area contributed by atoms with Crippen molar-refractivity contribution < 1.29 is 14.3 Å². The van der Waals surface area contributed by atoms with Gasteiger partial charge in [-0.25, -0.2) is 0 Å². The van der Waals surface area contributed by atoms with E-state index in [0.29, 0.717) is 13.1 Å². The molecule has 2 atom stereocenters. The molecule has 0 bridgehead atoms. The smallest absolute Gasteiger partial charge is 0.310 e. The molecule has 0 saturated carbocycles. The predicted molar refractivity (Wildman–Crippen MR) is 69.0 cm³/mol. The number of methoxy groups -OCH3 is 1. The van der Waals surface area contributed by atoms with Crippen molar-refractivity contribution in [3.63, 3.8) is 0 Å². The van der Waals surface area contributed by atoms with Crippen LogP contribution in [-0.4, -0.2) is 61.5 Å². The summed E-state index contributed by atoms with van der Waals surface area (Å²) in [4.78, 5) is 27.4. The molecule has 5 nitrogen and oxygen atoms in total. The molecule has 1 amide bonds. The van der Waals surface area contributed by atoms with E-state index >= 15 is 0 Å². The van der Waals surface area contributed by atoms with Gasteiger partial charge in [0.25, 0.3) is 0 Å². The van der Waals surface area contributed by atoms with Gasteiger partial charge in [0.2, 0.25) is 5.91 Å². The maximum Gasteiger partial charge on any atom is 0.310 e. The number of carbonyl (C=O) groups is 2. The second kappa shape index (κ2) is 6.73. The van der Waals surface area contributed by atoms with E-state index in [9.17, 15) is 9.59 Å². The lowest BCUT2D eigenvalue weighted by atomic mass is 9.99. The quantitative estimate of drug-likeness (QED) is 0.676. The fourth-order valence-corrected chi connectivity index (χ4v) is 2.52. The minimum absolute atomic E-state index is 0.0977. The largest absolute Gasteiger partial charge is 0.469 e. The average molecular weight is 256 g/mol. The summed E-state index contributed by atoms with van der Waals surface area (Å²) in [5.41, 5.74) is 0. The highest BCUT2D eigenvalue weighted by Gasteiger charge is 2.36. The molecule has 0 radical (unpaired) electrons. The maximum atomic E-state index is 12.0. The van der Waals surface area contributed by atoms with Gasteiger partial charge in [-0.2, -0.15) is 0 Å². The Kier molecular flexibility index (Phi) is 5.59. The minimum Gasteiger partial charge on any atom is -0.469 e. The van der Waals surface area contributed by atoms with Crippen molar-refractivity contribution in [1.82, 2.24) is 9.80 Å². The summed E-state index contributed by atoms with van der Waals surface area (Å²) in [7, 11) is 1.42. The number of amides is 1. The van der Waals surface area contributed by atoms with E-state index < -0.39 is 0 Å². The molecule has 1 fully saturated rings. The molecule has 5 heteroatoms. The Hall–Kier alpha value is -1.10. The van der Waals surface area contributed by atoms with Crippen LogP contribution in [0.4, 0.5) is 0 Å². The summed E-state index contributed by atoms with van der Waals surface area (Å²) in [5.74, 6) is 0.125. The van der Waals surface area contributed by atoms with Crippen LogP contribution in [0.5, 0.6) is 0 Å². The molecule has 0 spiro atoms. The molecule has 1 saturated heterocycles. The molecule has 0 aromatic carbocycles. The van der Waals surface area contributed by atoms with E-state index in [4.69, 9.17) is 4.74 Å². The number of carbonyl (C=O) groups excluding carboxylic acids is 2. The number of hydrogen-bond acceptors (Lipinski definition) is 4. The first kappa shape index (κ1) is 15.0. The lowest BCUT2D eigenvalue weighted by molar-refractivity contribution is -0.146. The van der Waals surface area contributed by atoms with Crippen LogP contribution in [0.2, 0.25) is 0 Å². The Morgan fingerprint density at radius 2 is 1.89 bits per heavy atom. The summed E-state index contributed by atoms with van der Waals surface area (Å²) in [6, 6.07) is 0. The van der Waals surface area contributed by atoms with Crippen LogP contribution in [0.25, 0.3) is 0 Å². The molecule has 1 heterocycles. The molecule has 104 valence electrons. The van der Waals surface area contributed by atoms with Gasteiger partial charge in [-0.3, -0.25) is 14.5 Å². The van der Waals surface area contributed by atoms with Crippen molar-refractivity contribution >= 4 is 11.9 Å². The molecule has 0 aromatic rings. The topological polar surface area (TPSA) is 49.9 Å². The zero-order chi connectivity index (χ0) is 13.7. The highest BCUT2D eigenvalue weighted by atomic mass is 16.5. The van der Waals surface area contributed by atoms with Gasteiger partial charge in [0.05, 0.1) is 19.6 Å². The Balaban J connectivity index is 2.51. The Bertz CT molecular complexity index is 303. The zero-order valence-corrected chi connectivity index (χ0v) is 11.8. The molecule has 0 N–H and O–H groups in total. The Morgan fingerprint density at radius 3 is 2.39 bits per heavy atom. The van der Waals surface area contributed by atoms with Crippen LogP contribution >= 0.6 is 0 Å². The second-order valence-electron chi connectivity index (χ2n) is 4.87. The third-order valence-electron chi connectivity index (χ3n) is 3.67. The van der Waals surface area contributed by atoms with Crippen molar-refractivity contribution in [1.29, 1.82) is 0 Å². The van der Waals surface area contributed by atoms with Crippen LogP contribution in [-0.2, 0) is 14.3 Å². The van der Waals surface area contributed by atoms with E-state index in [1.165, 1.54) is 7.11 Å². The normalized spacial score (nSPS) is 24.0. The first-order chi connectivity index (χ1) is 8.53. The number of nitrogens with zero attached hydrogens (tertiary/aromatic N) is 2. The number of likely N-dealkylation sites (N-methyl/N-ethyl adjacent to an activating group) is 1. The minimum atomic E-state index is -0.166. The van der Waals surface area contributed by atoms with Crippen LogP contribution in [0.1, 0.15) is 20.8 Å². The molecule has 0 aliphatic carbocycles. The summed E-state index contributed by atoms with van der Waals surface area (Å²) < 4.78 is 4.79. The van der Waals surface area contributed by atoms with E-state index in [1.54, 1.807) is 0 Å². The highest BCUT2D eigenvalue weighted by molar-refractivity contribution is 5.78. The van der Waals surface area contributed by atoms with Crippen LogP contribution in [0.3, 0.4) is 0 Å². The molecule has 1 aliphatic rings. The molecule has 1 aliphatic heterocycles. The Labute approximate surface area is 109 Å². The first-order valence-corrected chi connectivity index (χ1v) is 6.61. The lowest BCUT2D eigenvalue weighted by Crippen LogP contribution is -2.39. The number of likely N-dealkylation sites (tertiary alicyclic amines) is 1. The van der Waals surface area contributed by atoms with E-state index in [-0.39, 0.29) is 23.7 Å². The van der Waals surface area contributed by atoms with Gasteiger partial charge in [-0.15, -0.1) is 0 Å². The number of esters is 1. The summed E-state index contributed by atoms with van der Waals surface area (Å²) >= 11 is 0. The van der Waals surface area contributed by atoms with Gasteiger partial charge in [-0.1, -0.05) is 6.92 Å². The van der Waals surface area contributed by atoms with Crippen molar-refractivity contribution in [2.45, 2.75) is 20.8 Å². The average Bonchev–Trinajstić information content (AvgIpc) is 2.70. The van der Waals surface area contributed by atoms with Gasteiger partial charge < -0.3 is 9.64 Å². The molecular formula is C13H24N2O3. The van der Waals surface area contributed by atoms with Crippen LogP contribution in [0, 0.1) is 11.8 Å². The van der Waals surface area contributed by atoms with E-state index in [1.807, 2.05) is 30.6 Å². The molecule has 2 unspecified atom stereocenters. The van der Waals surface area contributed by atoms with E-state index in [0.717, 1.165) is 19.6 Å². The van der Waals surface area contributed by atoms with Crippen LogP contribution in [0.15, 0.2) is 0 Å². The standard InChI is InChI=1S/C13H24N2O3/c1-5-15(6-2)12(16)9-14-7-10(3)11(8-14)13(17)18-4/h10-11H,5-9H2,1-4H3. The molecule has 0 aromatic heterocycles. The number of ether oxygens (including phenoxy) is 1. The highest BCUT2D eigenvalue weighted by Crippen LogP contribution is 2.23. The second-order valence-corrected chi connectivity index (χ2v) is 4.87. The first-order valence-electron chi connectivity index (χ1n) is 6.61.